The van der Waals surface area contributed by atoms with Gasteiger partial charge in [0.15, 0.2) is 23.0 Å². The van der Waals surface area contributed by atoms with E-state index in [0.29, 0.717) is 12.4 Å². The Morgan fingerprint density at radius 1 is 0.938 bits per heavy atom. The standard InChI is InChI=1S/C25H33NO6/c1-17(27)32-12-6-10-26-11-9-19-15-24(30-4)25(31-5)16-20(19)21(26)13-18-7-8-22(28-2)23(14-18)29-3/h7-8,14-16,21H,6,9-13H2,1-5H3/t21-/m1/s1. The molecule has 0 radical (unpaired) electrons. The largest absolute Gasteiger partial charge is 0.493 e. The quantitative estimate of drug-likeness (QED) is 0.409. The second kappa shape index (κ2) is 11.1. The van der Waals surface area contributed by atoms with Gasteiger partial charge in [-0.15, -0.1) is 0 Å². The van der Waals surface area contributed by atoms with Gasteiger partial charge < -0.3 is 23.7 Å². The normalized spacial score (nSPS) is 15.6. The van der Waals surface area contributed by atoms with Crippen molar-refractivity contribution in [3.05, 3.63) is 47.0 Å². The molecule has 1 heterocycles. The van der Waals surface area contributed by atoms with Crippen LogP contribution in [0.2, 0.25) is 0 Å². The summed E-state index contributed by atoms with van der Waals surface area (Å²) in [6, 6.07) is 10.4. The van der Waals surface area contributed by atoms with E-state index in [1.165, 1.54) is 18.1 Å². The van der Waals surface area contributed by atoms with E-state index in [2.05, 4.69) is 23.1 Å². The first-order valence-electron chi connectivity index (χ1n) is 10.8. The van der Waals surface area contributed by atoms with E-state index in [9.17, 15) is 4.79 Å². The number of esters is 1. The highest BCUT2D eigenvalue weighted by atomic mass is 16.5. The summed E-state index contributed by atoms with van der Waals surface area (Å²) in [7, 11) is 6.61. The second-order valence-electron chi connectivity index (χ2n) is 7.79. The molecule has 0 spiro atoms. The minimum atomic E-state index is -0.243. The summed E-state index contributed by atoms with van der Waals surface area (Å²) in [6.45, 7) is 3.61. The lowest BCUT2D eigenvalue weighted by atomic mass is 9.88. The van der Waals surface area contributed by atoms with Crippen molar-refractivity contribution in [1.29, 1.82) is 0 Å². The van der Waals surface area contributed by atoms with Crippen molar-refractivity contribution < 1.29 is 28.5 Å². The first kappa shape index (κ1) is 23.7. The van der Waals surface area contributed by atoms with Gasteiger partial charge in [0.25, 0.3) is 0 Å². The molecule has 0 unspecified atom stereocenters. The number of methoxy groups -OCH3 is 4. The van der Waals surface area contributed by atoms with Gasteiger partial charge >= 0.3 is 5.97 Å². The lowest BCUT2D eigenvalue weighted by molar-refractivity contribution is -0.141. The molecule has 0 N–H and O–H groups in total. The van der Waals surface area contributed by atoms with Gasteiger partial charge in [-0.2, -0.15) is 0 Å². The zero-order valence-corrected chi connectivity index (χ0v) is 19.6. The maximum Gasteiger partial charge on any atom is 0.302 e. The molecule has 0 aromatic heterocycles. The van der Waals surface area contributed by atoms with Crippen LogP contribution in [0.15, 0.2) is 30.3 Å². The molecule has 3 rings (SSSR count). The molecule has 1 atom stereocenters. The molecule has 0 saturated heterocycles. The fraction of sp³-hybridized carbons (Fsp3) is 0.480. The Labute approximate surface area is 190 Å². The van der Waals surface area contributed by atoms with Gasteiger partial charge in [0.2, 0.25) is 0 Å². The number of hydrogen-bond acceptors (Lipinski definition) is 7. The summed E-state index contributed by atoms with van der Waals surface area (Å²) in [5.41, 5.74) is 3.65. The third kappa shape index (κ3) is 5.46. The van der Waals surface area contributed by atoms with Gasteiger partial charge in [-0.1, -0.05) is 6.07 Å². The van der Waals surface area contributed by atoms with Crippen molar-refractivity contribution in [1.82, 2.24) is 4.90 Å². The molecule has 0 amide bonds. The molecule has 1 aliphatic rings. The maximum atomic E-state index is 11.1. The third-order valence-corrected chi connectivity index (χ3v) is 5.89. The average molecular weight is 444 g/mol. The summed E-state index contributed by atoms with van der Waals surface area (Å²) in [5, 5.41) is 0. The van der Waals surface area contributed by atoms with E-state index < -0.39 is 0 Å². The van der Waals surface area contributed by atoms with Crippen LogP contribution in [0, 0.1) is 0 Å². The number of carbonyl (C=O) groups excluding carboxylic acids is 1. The van der Waals surface area contributed by atoms with E-state index in [1.54, 1.807) is 28.4 Å². The van der Waals surface area contributed by atoms with Gasteiger partial charge in [-0.3, -0.25) is 9.69 Å². The highest BCUT2D eigenvalue weighted by Gasteiger charge is 2.29. The van der Waals surface area contributed by atoms with Crippen molar-refractivity contribution in [3.8, 4) is 23.0 Å². The molecule has 0 aliphatic carbocycles. The van der Waals surface area contributed by atoms with Crippen LogP contribution in [0.3, 0.4) is 0 Å². The van der Waals surface area contributed by atoms with Gasteiger partial charge in [0.05, 0.1) is 35.0 Å². The van der Waals surface area contributed by atoms with Crippen LogP contribution in [0.5, 0.6) is 23.0 Å². The molecular formula is C25H33NO6. The molecule has 174 valence electrons. The van der Waals surface area contributed by atoms with Gasteiger partial charge in [-0.25, -0.2) is 0 Å². The van der Waals surface area contributed by atoms with Crippen molar-refractivity contribution in [2.45, 2.75) is 32.2 Å². The molecular weight excluding hydrogens is 410 g/mol. The third-order valence-electron chi connectivity index (χ3n) is 5.89. The Morgan fingerprint density at radius 2 is 1.59 bits per heavy atom. The van der Waals surface area contributed by atoms with Crippen LogP contribution >= 0.6 is 0 Å². The van der Waals surface area contributed by atoms with Crippen molar-refractivity contribution in [3.63, 3.8) is 0 Å². The highest BCUT2D eigenvalue weighted by Crippen LogP contribution is 2.40. The summed E-state index contributed by atoms with van der Waals surface area (Å²) in [6.07, 6.45) is 2.51. The van der Waals surface area contributed by atoms with Crippen molar-refractivity contribution in [2.75, 3.05) is 48.1 Å². The van der Waals surface area contributed by atoms with Crippen molar-refractivity contribution >= 4 is 5.97 Å². The highest BCUT2D eigenvalue weighted by molar-refractivity contribution is 5.65. The topological polar surface area (TPSA) is 66.5 Å². The molecule has 1 aliphatic heterocycles. The van der Waals surface area contributed by atoms with E-state index in [4.69, 9.17) is 23.7 Å². The predicted octanol–water partition coefficient (Wildman–Crippen LogP) is 3.82. The van der Waals surface area contributed by atoms with Crippen LogP contribution in [0.25, 0.3) is 0 Å². The zero-order valence-electron chi connectivity index (χ0n) is 19.6. The predicted molar refractivity (Wildman–Crippen MR) is 122 cm³/mol. The smallest absolute Gasteiger partial charge is 0.302 e. The Kier molecular flexibility index (Phi) is 8.22. The monoisotopic (exact) mass is 443 g/mol. The number of rotatable bonds is 10. The van der Waals surface area contributed by atoms with Gasteiger partial charge in [0.1, 0.15) is 0 Å². The van der Waals surface area contributed by atoms with Crippen LogP contribution in [0.4, 0.5) is 0 Å². The number of carbonyl (C=O) groups is 1. The van der Waals surface area contributed by atoms with Gasteiger partial charge in [-0.05, 0) is 60.2 Å². The number of hydrogen-bond donors (Lipinski definition) is 0. The zero-order chi connectivity index (χ0) is 23.1. The van der Waals surface area contributed by atoms with Crippen molar-refractivity contribution in [2.24, 2.45) is 0 Å². The molecule has 0 bridgehead atoms. The minimum absolute atomic E-state index is 0.147. The van der Waals surface area contributed by atoms with E-state index in [0.717, 1.165) is 55.2 Å². The lowest BCUT2D eigenvalue weighted by Crippen LogP contribution is -2.37. The second-order valence-corrected chi connectivity index (χ2v) is 7.79. The summed E-state index contributed by atoms with van der Waals surface area (Å²) in [4.78, 5) is 13.6. The summed E-state index contributed by atoms with van der Waals surface area (Å²) >= 11 is 0. The molecule has 0 saturated carbocycles. The maximum absolute atomic E-state index is 11.1. The van der Waals surface area contributed by atoms with Crippen LogP contribution < -0.4 is 18.9 Å². The van der Waals surface area contributed by atoms with Crippen LogP contribution in [-0.4, -0.2) is 59.0 Å². The first-order chi connectivity index (χ1) is 15.5. The Morgan fingerprint density at radius 3 is 2.25 bits per heavy atom. The number of ether oxygens (including phenoxy) is 5. The van der Waals surface area contributed by atoms with E-state index in [-0.39, 0.29) is 12.0 Å². The minimum Gasteiger partial charge on any atom is -0.493 e. The molecule has 7 nitrogen and oxygen atoms in total. The Bertz CT molecular complexity index is 929. The van der Waals surface area contributed by atoms with E-state index in [1.807, 2.05) is 12.1 Å². The van der Waals surface area contributed by atoms with Gasteiger partial charge in [0, 0.05) is 26.1 Å². The molecule has 7 heteroatoms. The summed E-state index contributed by atoms with van der Waals surface area (Å²) < 4.78 is 27.2. The summed E-state index contributed by atoms with van der Waals surface area (Å²) in [5.74, 6) is 2.66. The number of nitrogens with zero attached hydrogens (tertiary/aromatic N) is 1. The molecule has 32 heavy (non-hydrogen) atoms. The molecule has 2 aromatic carbocycles. The lowest BCUT2D eigenvalue weighted by Gasteiger charge is -2.38. The Balaban J connectivity index is 1.91. The van der Waals surface area contributed by atoms with E-state index >= 15 is 0 Å². The molecule has 2 aromatic rings. The Hall–Kier alpha value is -2.93. The SMILES string of the molecule is COc1ccc(C[C@@H]2c3cc(OC)c(OC)cc3CCN2CCCOC(C)=O)cc1OC. The molecule has 0 fully saturated rings. The average Bonchev–Trinajstić information content (AvgIpc) is 2.81. The first-order valence-corrected chi connectivity index (χ1v) is 10.8. The van der Waals surface area contributed by atoms with Crippen LogP contribution in [-0.2, 0) is 22.4 Å². The fourth-order valence-electron chi connectivity index (χ4n) is 4.30. The van der Waals surface area contributed by atoms with Crippen LogP contribution in [0.1, 0.15) is 36.1 Å². The number of fused-ring (bicyclic) bond motifs is 1. The fourth-order valence-corrected chi connectivity index (χ4v) is 4.30. The number of benzene rings is 2.